The minimum absolute atomic E-state index is 0.152. The molecule has 0 bridgehead atoms. The van der Waals surface area contributed by atoms with Gasteiger partial charge in [-0.15, -0.1) is 0 Å². The van der Waals surface area contributed by atoms with Crippen LogP contribution in [0.1, 0.15) is 31.2 Å². The smallest absolute Gasteiger partial charge is 0.349 e. The Morgan fingerprint density at radius 2 is 1.67 bits per heavy atom. The highest BCUT2D eigenvalue weighted by molar-refractivity contribution is 9.10. The van der Waals surface area contributed by atoms with Gasteiger partial charge < -0.3 is 9.82 Å². The van der Waals surface area contributed by atoms with Gasteiger partial charge in [-0.3, -0.25) is 9.59 Å². The average molecular weight is 385 g/mol. The Hall–Kier alpha value is -2.93. The summed E-state index contributed by atoms with van der Waals surface area (Å²) in [7, 11) is 0. The number of hydroxylamine groups is 2. The molecule has 24 heavy (non-hydrogen) atoms. The predicted molar refractivity (Wildman–Crippen MR) is 88.4 cm³/mol. The molecule has 7 heteroatoms. The molecular formula is C17H9BrN2O4. The number of H-pyrrole nitrogens is 1. The zero-order chi connectivity index (χ0) is 16.8. The van der Waals surface area contributed by atoms with Crippen LogP contribution in [0.3, 0.4) is 0 Å². The number of carbonyl (C=O) groups excluding carboxylic acids is 3. The first kappa shape index (κ1) is 14.6. The normalized spacial score (nSPS) is 13.5. The third kappa shape index (κ3) is 2.21. The molecule has 1 aliphatic rings. The minimum atomic E-state index is -0.808. The second-order valence-electron chi connectivity index (χ2n) is 5.24. The SMILES string of the molecule is O=C(ON1C(=O)c2ccccc2C1=O)c1cc2cc(Br)ccc2[nH]1. The number of halogens is 1. The summed E-state index contributed by atoms with van der Waals surface area (Å²) in [5, 5.41) is 1.30. The Bertz CT molecular complexity index is 989. The van der Waals surface area contributed by atoms with Crippen molar-refractivity contribution in [3.63, 3.8) is 0 Å². The van der Waals surface area contributed by atoms with Gasteiger partial charge in [-0.1, -0.05) is 33.1 Å². The van der Waals surface area contributed by atoms with Gasteiger partial charge in [0.25, 0.3) is 11.8 Å². The lowest BCUT2D eigenvalue weighted by Crippen LogP contribution is -2.32. The van der Waals surface area contributed by atoms with Crippen LogP contribution in [0.15, 0.2) is 53.0 Å². The summed E-state index contributed by atoms with van der Waals surface area (Å²) < 4.78 is 0.870. The lowest BCUT2D eigenvalue weighted by Gasteiger charge is -2.11. The average Bonchev–Trinajstić information content (AvgIpc) is 3.10. The third-order valence-corrected chi connectivity index (χ3v) is 4.23. The summed E-state index contributed by atoms with van der Waals surface area (Å²) in [5.41, 5.74) is 1.33. The van der Waals surface area contributed by atoms with Crippen molar-refractivity contribution in [2.75, 3.05) is 0 Å². The number of hydrogen-bond acceptors (Lipinski definition) is 4. The number of aromatic amines is 1. The lowest BCUT2D eigenvalue weighted by molar-refractivity contribution is -0.0587. The van der Waals surface area contributed by atoms with Crippen LogP contribution in [0.2, 0.25) is 0 Å². The highest BCUT2D eigenvalue weighted by atomic mass is 79.9. The number of fused-ring (bicyclic) bond motifs is 2. The standard InChI is InChI=1S/C17H9BrN2O4/c18-10-5-6-13-9(7-10)8-14(19-13)17(23)24-20-15(21)11-3-1-2-4-12(11)16(20)22/h1-8,19H. The summed E-state index contributed by atoms with van der Waals surface area (Å²) in [6.45, 7) is 0. The molecule has 6 nitrogen and oxygen atoms in total. The molecule has 0 aliphatic carbocycles. The van der Waals surface area contributed by atoms with Gasteiger partial charge in [-0.2, -0.15) is 0 Å². The number of benzene rings is 2. The van der Waals surface area contributed by atoms with Gasteiger partial charge in [0.15, 0.2) is 0 Å². The molecule has 0 atom stereocenters. The molecule has 0 unspecified atom stereocenters. The van der Waals surface area contributed by atoms with E-state index in [-0.39, 0.29) is 16.8 Å². The van der Waals surface area contributed by atoms with Crippen molar-refractivity contribution in [1.29, 1.82) is 0 Å². The second-order valence-corrected chi connectivity index (χ2v) is 6.16. The van der Waals surface area contributed by atoms with E-state index in [4.69, 9.17) is 4.84 Å². The van der Waals surface area contributed by atoms with Gasteiger partial charge in [0.1, 0.15) is 5.69 Å². The summed E-state index contributed by atoms with van der Waals surface area (Å²) in [6, 6.07) is 13.4. The second kappa shape index (κ2) is 5.31. The summed E-state index contributed by atoms with van der Waals surface area (Å²) >= 11 is 3.35. The van der Waals surface area contributed by atoms with Crippen LogP contribution < -0.4 is 0 Å². The first-order valence-corrected chi connectivity index (χ1v) is 7.82. The molecule has 1 N–H and O–H groups in total. The number of imide groups is 1. The molecule has 2 heterocycles. The van der Waals surface area contributed by atoms with Gasteiger partial charge >= 0.3 is 5.97 Å². The molecule has 3 aromatic rings. The molecule has 4 rings (SSSR count). The van der Waals surface area contributed by atoms with Crippen molar-refractivity contribution >= 4 is 44.6 Å². The van der Waals surface area contributed by atoms with Crippen LogP contribution in [0, 0.1) is 0 Å². The number of amides is 2. The third-order valence-electron chi connectivity index (χ3n) is 3.73. The maximum atomic E-state index is 12.3. The fraction of sp³-hybridized carbons (Fsp3) is 0. The van der Waals surface area contributed by atoms with Crippen molar-refractivity contribution in [3.05, 3.63) is 69.8 Å². The van der Waals surface area contributed by atoms with Crippen molar-refractivity contribution in [1.82, 2.24) is 10.0 Å². The van der Waals surface area contributed by atoms with E-state index in [9.17, 15) is 14.4 Å². The molecule has 118 valence electrons. The number of hydrogen-bond donors (Lipinski definition) is 1. The van der Waals surface area contributed by atoms with E-state index >= 15 is 0 Å². The molecule has 2 amide bonds. The minimum Gasteiger partial charge on any atom is -0.349 e. The molecule has 2 aromatic carbocycles. The highest BCUT2D eigenvalue weighted by Gasteiger charge is 2.38. The molecular weight excluding hydrogens is 376 g/mol. The van der Waals surface area contributed by atoms with Crippen LogP contribution in [0.5, 0.6) is 0 Å². The van der Waals surface area contributed by atoms with Crippen LogP contribution in [0.25, 0.3) is 10.9 Å². The zero-order valence-electron chi connectivity index (χ0n) is 12.1. The van der Waals surface area contributed by atoms with E-state index in [0.29, 0.717) is 5.06 Å². The molecule has 0 spiro atoms. The lowest BCUT2D eigenvalue weighted by atomic mass is 10.1. The molecule has 1 aromatic heterocycles. The van der Waals surface area contributed by atoms with Crippen molar-refractivity contribution in [2.24, 2.45) is 0 Å². The fourth-order valence-corrected chi connectivity index (χ4v) is 2.97. The molecule has 0 saturated carbocycles. The molecule has 0 fully saturated rings. The van der Waals surface area contributed by atoms with E-state index in [1.54, 1.807) is 24.3 Å². The zero-order valence-corrected chi connectivity index (χ0v) is 13.7. The molecule has 0 radical (unpaired) electrons. The van der Waals surface area contributed by atoms with Gasteiger partial charge in [0, 0.05) is 15.4 Å². The van der Waals surface area contributed by atoms with Crippen molar-refractivity contribution in [3.8, 4) is 0 Å². The van der Waals surface area contributed by atoms with Crippen molar-refractivity contribution in [2.45, 2.75) is 0 Å². The topological polar surface area (TPSA) is 79.5 Å². The van der Waals surface area contributed by atoms with Gasteiger partial charge in [-0.25, -0.2) is 4.79 Å². The van der Waals surface area contributed by atoms with E-state index in [1.807, 2.05) is 12.1 Å². The van der Waals surface area contributed by atoms with Gasteiger partial charge in [-0.05, 0) is 36.4 Å². The monoisotopic (exact) mass is 384 g/mol. The van der Waals surface area contributed by atoms with Crippen LogP contribution in [-0.4, -0.2) is 27.8 Å². The summed E-state index contributed by atoms with van der Waals surface area (Å²) in [5.74, 6) is -2.11. The van der Waals surface area contributed by atoms with Crippen LogP contribution in [-0.2, 0) is 4.84 Å². The largest absolute Gasteiger partial charge is 0.380 e. The Balaban J connectivity index is 1.62. The van der Waals surface area contributed by atoms with E-state index in [2.05, 4.69) is 20.9 Å². The van der Waals surface area contributed by atoms with Gasteiger partial charge in [0.2, 0.25) is 0 Å². The molecule has 1 aliphatic heterocycles. The number of nitrogens with zero attached hydrogens (tertiary/aromatic N) is 1. The first-order chi connectivity index (χ1) is 11.5. The highest BCUT2D eigenvalue weighted by Crippen LogP contribution is 2.24. The Labute approximate surface area is 144 Å². The predicted octanol–water partition coefficient (Wildman–Crippen LogP) is 3.30. The number of rotatable bonds is 2. The van der Waals surface area contributed by atoms with E-state index in [0.717, 1.165) is 15.4 Å². The number of carbonyl (C=O) groups is 3. The maximum absolute atomic E-state index is 12.3. The van der Waals surface area contributed by atoms with Crippen LogP contribution in [0.4, 0.5) is 0 Å². The Morgan fingerprint density at radius 3 is 2.33 bits per heavy atom. The van der Waals surface area contributed by atoms with E-state index in [1.165, 1.54) is 12.1 Å². The van der Waals surface area contributed by atoms with Gasteiger partial charge in [0.05, 0.1) is 11.1 Å². The van der Waals surface area contributed by atoms with E-state index < -0.39 is 17.8 Å². The number of nitrogens with one attached hydrogen (secondary N) is 1. The Kier molecular flexibility index (Phi) is 3.24. The maximum Gasteiger partial charge on any atom is 0.380 e. The fourth-order valence-electron chi connectivity index (χ4n) is 2.60. The first-order valence-electron chi connectivity index (χ1n) is 7.03. The van der Waals surface area contributed by atoms with Crippen LogP contribution >= 0.6 is 15.9 Å². The summed E-state index contributed by atoms with van der Waals surface area (Å²) in [6.07, 6.45) is 0. The van der Waals surface area contributed by atoms with Crippen molar-refractivity contribution < 1.29 is 19.2 Å². The Morgan fingerprint density at radius 1 is 1.00 bits per heavy atom. The quantitative estimate of drug-likeness (QED) is 0.687. The molecule has 0 saturated heterocycles. The summed E-state index contributed by atoms with van der Waals surface area (Å²) in [4.78, 5) is 44.6. The number of aromatic nitrogens is 1.